The zero-order valence-corrected chi connectivity index (χ0v) is 9.34. The molecule has 5 nitrogen and oxygen atoms in total. The van der Waals surface area contributed by atoms with E-state index in [-0.39, 0.29) is 5.91 Å². The number of nitrogens with one attached hydrogen (secondary N) is 2. The number of carbonyl (C=O) groups is 1. The van der Waals surface area contributed by atoms with Gasteiger partial charge in [0.1, 0.15) is 5.69 Å². The molecule has 17 heavy (non-hydrogen) atoms. The summed E-state index contributed by atoms with van der Waals surface area (Å²) in [7, 11) is 1.79. The summed E-state index contributed by atoms with van der Waals surface area (Å²) in [6.07, 6.45) is 4.82. The maximum Gasteiger partial charge on any atom is 0.274 e. The van der Waals surface area contributed by atoms with Gasteiger partial charge in [-0.05, 0) is 24.3 Å². The molecule has 0 fully saturated rings. The van der Waals surface area contributed by atoms with Crippen LogP contribution in [0.15, 0.2) is 42.9 Å². The van der Waals surface area contributed by atoms with Gasteiger partial charge in [-0.3, -0.25) is 14.8 Å². The van der Waals surface area contributed by atoms with Crippen LogP contribution in [-0.2, 0) is 0 Å². The maximum absolute atomic E-state index is 11.9. The summed E-state index contributed by atoms with van der Waals surface area (Å²) in [5.74, 6) is -0.255. The molecule has 2 heterocycles. The molecule has 2 rings (SSSR count). The number of amides is 1. The molecule has 0 unspecified atom stereocenters. The van der Waals surface area contributed by atoms with Gasteiger partial charge in [0, 0.05) is 25.1 Å². The number of anilines is 2. The summed E-state index contributed by atoms with van der Waals surface area (Å²) >= 11 is 0. The van der Waals surface area contributed by atoms with Crippen LogP contribution in [0.2, 0.25) is 0 Å². The van der Waals surface area contributed by atoms with E-state index >= 15 is 0 Å². The van der Waals surface area contributed by atoms with Crippen molar-refractivity contribution in [2.24, 2.45) is 0 Å². The lowest BCUT2D eigenvalue weighted by Crippen LogP contribution is -2.13. The van der Waals surface area contributed by atoms with Gasteiger partial charge in [-0.15, -0.1) is 0 Å². The lowest BCUT2D eigenvalue weighted by atomic mass is 10.3. The van der Waals surface area contributed by atoms with Crippen LogP contribution in [0.1, 0.15) is 10.5 Å². The zero-order valence-electron chi connectivity index (χ0n) is 9.34. The molecule has 0 aliphatic heterocycles. The molecule has 0 radical (unpaired) electrons. The SMILES string of the molecule is CNc1ccnc(C(=O)Nc2cccnc2)c1. The fraction of sp³-hybridized carbons (Fsp3) is 0.0833. The minimum Gasteiger partial charge on any atom is -0.388 e. The van der Waals surface area contributed by atoms with Gasteiger partial charge in [0.15, 0.2) is 0 Å². The van der Waals surface area contributed by atoms with Gasteiger partial charge in [-0.2, -0.15) is 0 Å². The number of nitrogens with zero attached hydrogens (tertiary/aromatic N) is 2. The van der Waals surface area contributed by atoms with E-state index in [4.69, 9.17) is 0 Å². The lowest BCUT2D eigenvalue weighted by molar-refractivity contribution is 0.102. The van der Waals surface area contributed by atoms with Gasteiger partial charge in [-0.1, -0.05) is 0 Å². The van der Waals surface area contributed by atoms with Crippen LogP contribution in [0.25, 0.3) is 0 Å². The van der Waals surface area contributed by atoms with Crippen molar-refractivity contribution in [2.75, 3.05) is 17.7 Å². The van der Waals surface area contributed by atoms with Crippen LogP contribution in [0.3, 0.4) is 0 Å². The largest absolute Gasteiger partial charge is 0.388 e. The molecule has 0 aromatic carbocycles. The van der Waals surface area contributed by atoms with Crippen LogP contribution in [0.4, 0.5) is 11.4 Å². The van der Waals surface area contributed by atoms with Crippen LogP contribution in [-0.4, -0.2) is 22.9 Å². The Labute approximate surface area is 98.9 Å². The standard InChI is InChI=1S/C12H12N4O/c1-13-9-4-6-15-11(7-9)12(17)16-10-3-2-5-14-8-10/h2-8H,1H3,(H,13,15)(H,16,17). The minimum atomic E-state index is -0.255. The molecular formula is C12H12N4O. The molecule has 86 valence electrons. The third-order valence-corrected chi connectivity index (χ3v) is 2.20. The number of hydrogen-bond acceptors (Lipinski definition) is 4. The molecule has 0 atom stereocenters. The van der Waals surface area contributed by atoms with E-state index in [9.17, 15) is 4.79 Å². The quantitative estimate of drug-likeness (QED) is 0.840. The molecule has 2 aromatic heterocycles. The highest BCUT2D eigenvalue weighted by atomic mass is 16.1. The van der Waals surface area contributed by atoms with Crippen molar-refractivity contribution in [2.45, 2.75) is 0 Å². The fourth-order valence-electron chi connectivity index (χ4n) is 1.34. The predicted molar refractivity (Wildman–Crippen MR) is 66.0 cm³/mol. The van der Waals surface area contributed by atoms with E-state index in [1.54, 1.807) is 49.9 Å². The van der Waals surface area contributed by atoms with Gasteiger partial charge in [0.2, 0.25) is 0 Å². The van der Waals surface area contributed by atoms with Crippen LogP contribution in [0, 0.1) is 0 Å². The first-order chi connectivity index (χ1) is 8.29. The highest BCUT2D eigenvalue weighted by molar-refractivity contribution is 6.03. The number of hydrogen-bond donors (Lipinski definition) is 2. The first-order valence-electron chi connectivity index (χ1n) is 5.15. The number of carbonyl (C=O) groups excluding carboxylic acids is 1. The Balaban J connectivity index is 2.14. The van der Waals surface area contributed by atoms with Crippen LogP contribution >= 0.6 is 0 Å². The third kappa shape index (κ3) is 2.78. The zero-order chi connectivity index (χ0) is 12.1. The normalized spacial score (nSPS) is 9.71. The molecule has 0 spiro atoms. The molecule has 0 aliphatic rings. The second-order valence-corrected chi connectivity index (χ2v) is 3.38. The predicted octanol–water partition coefficient (Wildman–Crippen LogP) is 1.77. The maximum atomic E-state index is 11.9. The molecule has 0 aliphatic carbocycles. The van der Waals surface area contributed by atoms with Crippen LogP contribution in [0.5, 0.6) is 0 Å². The van der Waals surface area contributed by atoms with Crippen molar-refractivity contribution in [1.82, 2.24) is 9.97 Å². The van der Waals surface area contributed by atoms with E-state index in [0.29, 0.717) is 11.4 Å². The average Bonchev–Trinajstić information content (AvgIpc) is 2.40. The summed E-state index contributed by atoms with van der Waals surface area (Å²) in [6, 6.07) is 7.01. The van der Waals surface area contributed by atoms with Gasteiger partial charge < -0.3 is 10.6 Å². The summed E-state index contributed by atoms with van der Waals surface area (Å²) in [4.78, 5) is 19.8. The van der Waals surface area contributed by atoms with E-state index in [0.717, 1.165) is 5.69 Å². The lowest BCUT2D eigenvalue weighted by Gasteiger charge is -2.05. The van der Waals surface area contributed by atoms with Crippen molar-refractivity contribution in [3.05, 3.63) is 48.5 Å². The van der Waals surface area contributed by atoms with Crippen molar-refractivity contribution in [3.8, 4) is 0 Å². The molecule has 0 saturated carbocycles. The monoisotopic (exact) mass is 228 g/mol. The first kappa shape index (κ1) is 11.1. The van der Waals surface area contributed by atoms with Gasteiger partial charge in [0.25, 0.3) is 5.91 Å². The van der Waals surface area contributed by atoms with Crippen LogP contribution < -0.4 is 10.6 Å². The summed E-state index contributed by atoms with van der Waals surface area (Å²) in [5.41, 5.74) is 1.85. The van der Waals surface area contributed by atoms with Crippen molar-refractivity contribution in [3.63, 3.8) is 0 Å². The van der Waals surface area contributed by atoms with Gasteiger partial charge in [-0.25, -0.2) is 0 Å². The van der Waals surface area contributed by atoms with Crippen molar-refractivity contribution in [1.29, 1.82) is 0 Å². The second kappa shape index (κ2) is 5.07. The average molecular weight is 228 g/mol. The van der Waals surface area contributed by atoms with E-state index in [1.165, 1.54) is 0 Å². The van der Waals surface area contributed by atoms with E-state index in [2.05, 4.69) is 20.6 Å². The Morgan fingerprint density at radius 2 is 2.12 bits per heavy atom. The van der Waals surface area contributed by atoms with Gasteiger partial charge >= 0.3 is 0 Å². The summed E-state index contributed by atoms with van der Waals surface area (Å²) < 4.78 is 0. The van der Waals surface area contributed by atoms with Crippen molar-refractivity contribution >= 4 is 17.3 Å². The summed E-state index contributed by atoms with van der Waals surface area (Å²) in [5, 5.41) is 5.67. The number of aromatic nitrogens is 2. The van der Waals surface area contributed by atoms with Crippen molar-refractivity contribution < 1.29 is 4.79 Å². The molecule has 5 heteroatoms. The molecule has 2 aromatic rings. The molecule has 0 saturated heterocycles. The highest BCUT2D eigenvalue weighted by Crippen LogP contribution is 2.09. The fourth-order valence-corrected chi connectivity index (χ4v) is 1.34. The Morgan fingerprint density at radius 3 is 2.82 bits per heavy atom. The first-order valence-corrected chi connectivity index (χ1v) is 5.15. The smallest absolute Gasteiger partial charge is 0.274 e. The van der Waals surface area contributed by atoms with Gasteiger partial charge in [0.05, 0.1) is 11.9 Å². The van der Waals surface area contributed by atoms with E-state index < -0.39 is 0 Å². The highest BCUT2D eigenvalue weighted by Gasteiger charge is 2.07. The second-order valence-electron chi connectivity index (χ2n) is 3.38. The Morgan fingerprint density at radius 1 is 1.24 bits per heavy atom. The Bertz CT molecular complexity index is 513. The Kier molecular flexibility index (Phi) is 3.30. The number of rotatable bonds is 3. The molecule has 0 bridgehead atoms. The Hall–Kier alpha value is -2.43. The minimum absolute atomic E-state index is 0.255. The third-order valence-electron chi connectivity index (χ3n) is 2.20. The topological polar surface area (TPSA) is 66.9 Å². The van der Waals surface area contributed by atoms with E-state index in [1.807, 2.05) is 0 Å². The molecular weight excluding hydrogens is 216 g/mol. The number of pyridine rings is 2. The molecule has 1 amide bonds. The summed E-state index contributed by atoms with van der Waals surface area (Å²) in [6.45, 7) is 0. The molecule has 2 N–H and O–H groups in total.